The highest BCUT2D eigenvalue weighted by Crippen LogP contribution is 2.13. The molecule has 1 heterocycles. The van der Waals surface area contributed by atoms with E-state index in [9.17, 15) is 4.79 Å². The predicted molar refractivity (Wildman–Crippen MR) is 89.5 cm³/mol. The summed E-state index contributed by atoms with van der Waals surface area (Å²) in [5.74, 6) is 0.774. The molecule has 110 valence electrons. The molecule has 1 aromatic carbocycles. The number of amides is 1. The number of halogens is 1. The molecule has 0 bridgehead atoms. The van der Waals surface area contributed by atoms with Gasteiger partial charge in [-0.05, 0) is 36.2 Å². The summed E-state index contributed by atoms with van der Waals surface area (Å²) in [6, 6.07) is 11.4. The summed E-state index contributed by atoms with van der Waals surface area (Å²) in [6.45, 7) is 2.99. The van der Waals surface area contributed by atoms with Crippen LogP contribution in [0.4, 0.5) is 11.5 Å². The molecule has 2 aromatic rings. The lowest BCUT2D eigenvalue weighted by atomic mass is 10.1. The van der Waals surface area contributed by atoms with Gasteiger partial charge in [-0.25, -0.2) is 4.98 Å². The van der Waals surface area contributed by atoms with Gasteiger partial charge in [0.1, 0.15) is 5.82 Å². The minimum atomic E-state index is -0.0478. The number of hydrogen-bond acceptors (Lipinski definition) is 3. The average molecular weight is 348 g/mol. The third-order valence-electron chi connectivity index (χ3n) is 2.88. The fraction of sp³-hybridized carbons (Fsp3) is 0.250. The van der Waals surface area contributed by atoms with E-state index in [0.29, 0.717) is 12.1 Å². The third kappa shape index (κ3) is 5.19. The van der Waals surface area contributed by atoms with Crippen LogP contribution in [0.2, 0.25) is 0 Å². The Kier molecular flexibility index (Phi) is 5.75. The zero-order valence-corrected chi connectivity index (χ0v) is 13.5. The topological polar surface area (TPSA) is 54.0 Å². The van der Waals surface area contributed by atoms with Crippen LogP contribution in [0.1, 0.15) is 18.9 Å². The lowest BCUT2D eigenvalue weighted by molar-refractivity contribution is -0.115. The predicted octanol–water partition coefficient (Wildman–Crippen LogP) is 3.85. The molecule has 1 aromatic heterocycles. The van der Waals surface area contributed by atoms with Crippen LogP contribution in [0.3, 0.4) is 0 Å². The SMILES string of the molecule is CCCNc1ccc(NC(=O)Cc2ccc(Br)cc2)cn1. The largest absolute Gasteiger partial charge is 0.370 e. The molecule has 0 spiro atoms. The van der Waals surface area contributed by atoms with E-state index in [4.69, 9.17) is 0 Å². The van der Waals surface area contributed by atoms with Crippen molar-refractivity contribution in [1.82, 2.24) is 4.98 Å². The van der Waals surface area contributed by atoms with Gasteiger partial charge in [0, 0.05) is 11.0 Å². The van der Waals surface area contributed by atoms with Crippen molar-refractivity contribution in [3.63, 3.8) is 0 Å². The highest BCUT2D eigenvalue weighted by molar-refractivity contribution is 9.10. The Morgan fingerprint density at radius 1 is 1.19 bits per heavy atom. The second-order valence-corrected chi connectivity index (χ2v) is 5.63. The molecule has 0 radical (unpaired) electrons. The van der Waals surface area contributed by atoms with E-state index in [1.54, 1.807) is 6.20 Å². The smallest absolute Gasteiger partial charge is 0.228 e. The van der Waals surface area contributed by atoms with E-state index in [1.807, 2.05) is 36.4 Å². The lowest BCUT2D eigenvalue weighted by Gasteiger charge is -2.07. The van der Waals surface area contributed by atoms with Crippen LogP contribution < -0.4 is 10.6 Å². The summed E-state index contributed by atoms with van der Waals surface area (Å²) in [6.07, 6.45) is 3.06. The van der Waals surface area contributed by atoms with Gasteiger partial charge in [0.25, 0.3) is 0 Å². The van der Waals surface area contributed by atoms with Gasteiger partial charge in [0.05, 0.1) is 18.3 Å². The number of carbonyl (C=O) groups excluding carboxylic acids is 1. The normalized spacial score (nSPS) is 10.2. The van der Waals surface area contributed by atoms with Crippen LogP contribution in [0.25, 0.3) is 0 Å². The highest BCUT2D eigenvalue weighted by Gasteiger charge is 2.04. The summed E-state index contributed by atoms with van der Waals surface area (Å²) in [7, 11) is 0. The fourth-order valence-corrected chi connectivity index (χ4v) is 2.08. The van der Waals surface area contributed by atoms with Crippen molar-refractivity contribution in [3.8, 4) is 0 Å². The van der Waals surface area contributed by atoms with Gasteiger partial charge in [0.15, 0.2) is 0 Å². The Labute approximate surface area is 133 Å². The fourth-order valence-electron chi connectivity index (χ4n) is 1.82. The molecule has 5 heteroatoms. The molecule has 0 aliphatic heterocycles. The Hall–Kier alpha value is -1.88. The quantitative estimate of drug-likeness (QED) is 0.834. The van der Waals surface area contributed by atoms with E-state index in [2.05, 4.69) is 38.5 Å². The molecular weight excluding hydrogens is 330 g/mol. The first-order valence-corrected chi connectivity index (χ1v) is 7.71. The van der Waals surface area contributed by atoms with Gasteiger partial charge in [0.2, 0.25) is 5.91 Å². The van der Waals surface area contributed by atoms with Crippen LogP contribution in [-0.4, -0.2) is 17.4 Å². The molecule has 2 rings (SSSR count). The molecule has 1 amide bonds. The van der Waals surface area contributed by atoms with Crippen molar-refractivity contribution < 1.29 is 4.79 Å². The summed E-state index contributed by atoms with van der Waals surface area (Å²) >= 11 is 3.38. The van der Waals surface area contributed by atoms with Crippen LogP contribution in [0.15, 0.2) is 47.1 Å². The Bertz CT molecular complexity index is 581. The number of anilines is 2. The number of hydrogen-bond donors (Lipinski definition) is 2. The molecule has 4 nitrogen and oxygen atoms in total. The van der Waals surface area contributed by atoms with Gasteiger partial charge >= 0.3 is 0 Å². The van der Waals surface area contributed by atoms with Crippen molar-refractivity contribution in [1.29, 1.82) is 0 Å². The summed E-state index contributed by atoms with van der Waals surface area (Å²) in [5.41, 5.74) is 1.68. The maximum atomic E-state index is 12.0. The van der Waals surface area contributed by atoms with Gasteiger partial charge in [-0.15, -0.1) is 0 Å². The molecule has 0 saturated carbocycles. The number of nitrogens with one attached hydrogen (secondary N) is 2. The van der Waals surface area contributed by atoms with E-state index in [0.717, 1.165) is 28.8 Å². The number of pyridine rings is 1. The number of nitrogens with zero attached hydrogens (tertiary/aromatic N) is 1. The van der Waals surface area contributed by atoms with Gasteiger partial charge in [-0.2, -0.15) is 0 Å². The summed E-state index contributed by atoms with van der Waals surface area (Å²) in [5, 5.41) is 6.04. The van der Waals surface area contributed by atoms with Gasteiger partial charge < -0.3 is 10.6 Å². The van der Waals surface area contributed by atoms with E-state index >= 15 is 0 Å². The van der Waals surface area contributed by atoms with Gasteiger partial charge in [-0.3, -0.25) is 4.79 Å². The van der Waals surface area contributed by atoms with Crippen molar-refractivity contribution in [2.24, 2.45) is 0 Å². The molecule has 0 fully saturated rings. The first-order chi connectivity index (χ1) is 10.2. The zero-order valence-electron chi connectivity index (χ0n) is 11.9. The average Bonchev–Trinajstić information content (AvgIpc) is 2.49. The van der Waals surface area contributed by atoms with Crippen molar-refractivity contribution in [3.05, 3.63) is 52.6 Å². The molecule has 0 saturated heterocycles. The summed E-state index contributed by atoms with van der Waals surface area (Å²) < 4.78 is 1.01. The van der Waals surface area contributed by atoms with Crippen LogP contribution in [-0.2, 0) is 11.2 Å². The third-order valence-corrected chi connectivity index (χ3v) is 3.41. The number of benzene rings is 1. The molecule has 2 N–H and O–H groups in total. The second-order valence-electron chi connectivity index (χ2n) is 4.71. The number of aromatic nitrogens is 1. The molecule has 0 unspecified atom stereocenters. The van der Waals surface area contributed by atoms with Crippen molar-refractivity contribution >= 4 is 33.3 Å². The molecule has 0 aliphatic rings. The molecule has 0 aliphatic carbocycles. The maximum Gasteiger partial charge on any atom is 0.228 e. The van der Waals surface area contributed by atoms with Crippen LogP contribution in [0.5, 0.6) is 0 Å². The monoisotopic (exact) mass is 347 g/mol. The lowest BCUT2D eigenvalue weighted by Crippen LogP contribution is -2.14. The molecule has 0 atom stereocenters. The minimum absolute atomic E-state index is 0.0478. The first-order valence-electron chi connectivity index (χ1n) is 6.91. The van der Waals surface area contributed by atoms with E-state index < -0.39 is 0 Å². The standard InChI is InChI=1S/C16H18BrN3O/c1-2-9-18-15-8-7-14(11-19-15)20-16(21)10-12-3-5-13(17)6-4-12/h3-8,11H,2,9-10H2,1H3,(H,18,19)(H,20,21). The van der Waals surface area contributed by atoms with E-state index in [-0.39, 0.29) is 5.91 Å². The highest BCUT2D eigenvalue weighted by atomic mass is 79.9. The van der Waals surface area contributed by atoms with E-state index in [1.165, 1.54) is 0 Å². The Morgan fingerprint density at radius 2 is 1.95 bits per heavy atom. The van der Waals surface area contributed by atoms with Crippen molar-refractivity contribution in [2.75, 3.05) is 17.2 Å². The molecule has 21 heavy (non-hydrogen) atoms. The van der Waals surface area contributed by atoms with Crippen LogP contribution >= 0.6 is 15.9 Å². The zero-order chi connectivity index (χ0) is 15.1. The van der Waals surface area contributed by atoms with Crippen molar-refractivity contribution in [2.45, 2.75) is 19.8 Å². The van der Waals surface area contributed by atoms with Crippen LogP contribution in [0, 0.1) is 0 Å². The second kappa shape index (κ2) is 7.78. The summed E-state index contributed by atoms with van der Waals surface area (Å²) in [4.78, 5) is 16.2. The Morgan fingerprint density at radius 3 is 2.57 bits per heavy atom. The maximum absolute atomic E-state index is 12.0. The minimum Gasteiger partial charge on any atom is -0.370 e. The first kappa shape index (κ1) is 15.5. The Balaban J connectivity index is 1.88. The number of carbonyl (C=O) groups is 1. The van der Waals surface area contributed by atoms with Gasteiger partial charge in [-0.1, -0.05) is 35.0 Å². The number of rotatable bonds is 6. The molecular formula is C16H18BrN3O.